The first-order chi connectivity index (χ1) is 8.41. The first kappa shape index (κ1) is 14.9. The molecule has 100 valence electrons. The van der Waals surface area contributed by atoms with E-state index in [1.165, 1.54) is 6.07 Å². The fourth-order valence-corrected chi connectivity index (χ4v) is 1.86. The van der Waals surface area contributed by atoms with Crippen LogP contribution in [0.3, 0.4) is 0 Å². The van der Waals surface area contributed by atoms with Crippen LogP contribution >= 0.6 is 11.6 Å². The van der Waals surface area contributed by atoms with Gasteiger partial charge in [0.1, 0.15) is 11.9 Å². The van der Waals surface area contributed by atoms with Crippen molar-refractivity contribution in [1.29, 1.82) is 0 Å². The van der Waals surface area contributed by atoms with Gasteiger partial charge in [0.15, 0.2) is 0 Å². The Bertz CT molecular complexity index is 423. The Morgan fingerprint density at radius 3 is 2.72 bits per heavy atom. The van der Waals surface area contributed by atoms with Crippen molar-refractivity contribution in [1.82, 2.24) is 5.32 Å². The van der Waals surface area contributed by atoms with Crippen molar-refractivity contribution < 1.29 is 14.3 Å². The SMILES string of the molecule is CC(C)CC(NCc1cccc(Cl)c1F)C(=O)O. The minimum Gasteiger partial charge on any atom is -0.480 e. The van der Waals surface area contributed by atoms with Gasteiger partial charge in [0.05, 0.1) is 5.02 Å². The van der Waals surface area contributed by atoms with Gasteiger partial charge in [-0.25, -0.2) is 4.39 Å². The maximum Gasteiger partial charge on any atom is 0.320 e. The van der Waals surface area contributed by atoms with Crippen molar-refractivity contribution in [3.05, 3.63) is 34.6 Å². The molecule has 0 amide bonds. The molecule has 0 aromatic heterocycles. The Kier molecular flexibility index (Phi) is 5.56. The lowest BCUT2D eigenvalue weighted by Gasteiger charge is -2.16. The zero-order valence-corrected chi connectivity index (χ0v) is 11.2. The molecule has 0 fully saturated rings. The number of halogens is 2. The number of carboxylic acid groups (broad SMARTS) is 1. The van der Waals surface area contributed by atoms with E-state index >= 15 is 0 Å². The summed E-state index contributed by atoms with van der Waals surface area (Å²) in [6.45, 7) is 4.03. The Labute approximate surface area is 111 Å². The van der Waals surface area contributed by atoms with Crippen LogP contribution in [-0.4, -0.2) is 17.1 Å². The van der Waals surface area contributed by atoms with Gasteiger partial charge in [0.2, 0.25) is 0 Å². The lowest BCUT2D eigenvalue weighted by atomic mass is 10.0. The van der Waals surface area contributed by atoms with Crippen LogP contribution in [0.4, 0.5) is 4.39 Å². The second-order valence-electron chi connectivity index (χ2n) is 4.61. The van der Waals surface area contributed by atoms with Gasteiger partial charge in [-0.15, -0.1) is 0 Å². The highest BCUT2D eigenvalue weighted by Crippen LogP contribution is 2.18. The average molecular weight is 274 g/mol. The highest BCUT2D eigenvalue weighted by molar-refractivity contribution is 6.30. The van der Waals surface area contributed by atoms with Crippen molar-refractivity contribution in [3.63, 3.8) is 0 Å². The molecule has 1 aromatic rings. The van der Waals surface area contributed by atoms with E-state index < -0.39 is 17.8 Å². The van der Waals surface area contributed by atoms with Gasteiger partial charge < -0.3 is 10.4 Å². The molecule has 0 aliphatic carbocycles. The summed E-state index contributed by atoms with van der Waals surface area (Å²) in [7, 11) is 0. The van der Waals surface area contributed by atoms with Crippen LogP contribution in [0.15, 0.2) is 18.2 Å². The predicted octanol–water partition coefficient (Wildman–Crippen LogP) is 3.07. The second kappa shape index (κ2) is 6.71. The third-order valence-corrected chi connectivity index (χ3v) is 2.87. The third-order valence-electron chi connectivity index (χ3n) is 2.58. The molecule has 1 unspecified atom stereocenters. The molecule has 2 N–H and O–H groups in total. The minimum absolute atomic E-state index is 0.0463. The molecule has 1 atom stereocenters. The lowest BCUT2D eigenvalue weighted by molar-refractivity contribution is -0.140. The molecule has 0 spiro atoms. The van der Waals surface area contributed by atoms with Gasteiger partial charge in [-0.05, 0) is 18.4 Å². The first-order valence-electron chi connectivity index (χ1n) is 5.81. The molecule has 5 heteroatoms. The van der Waals surface area contributed by atoms with E-state index in [2.05, 4.69) is 5.32 Å². The molecular weight excluding hydrogens is 257 g/mol. The number of nitrogens with one attached hydrogen (secondary N) is 1. The van der Waals surface area contributed by atoms with Gasteiger partial charge in [-0.1, -0.05) is 37.6 Å². The van der Waals surface area contributed by atoms with Crippen LogP contribution in [-0.2, 0) is 11.3 Å². The Morgan fingerprint density at radius 2 is 2.17 bits per heavy atom. The summed E-state index contributed by atoms with van der Waals surface area (Å²) in [6, 6.07) is 4.01. The van der Waals surface area contributed by atoms with Crippen LogP contribution in [0.2, 0.25) is 5.02 Å². The van der Waals surface area contributed by atoms with E-state index in [9.17, 15) is 9.18 Å². The normalized spacial score (nSPS) is 12.7. The van der Waals surface area contributed by atoms with Crippen molar-refractivity contribution >= 4 is 17.6 Å². The molecule has 0 saturated carbocycles. The largest absolute Gasteiger partial charge is 0.480 e. The standard InChI is InChI=1S/C13H17ClFNO2/c1-8(2)6-11(13(17)18)16-7-9-4-3-5-10(14)12(9)15/h3-5,8,11,16H,6-7H2,1-2H3,(H,17,18). The molecule has 1 rings (SSSR count). The molecule has 0 heterocycles. The van der Waals surface area contributed by atoms with E-state index in [1.54, 1.807) is 12.1 Å². The molecule has 0 aliphatic heterocycles. The van der Waals surface area contributed by atoms with Crippen molar-refractivity contribution in [2.45, 2.75) is 32.9 Å². The minimum atomic E-state index is -0.925. The van der Waals surface area contributed by atoms with Crippen LogP contribution in [0.25, 0.3) is 0 Å². The highest BCUT2D eigenvalue weighted by Gasteiger charge is 2.18. The number of carbonyl (C=O) groups is 1. The van der Waals surface area contributed by atoms with Gasteiger partial charge in [-0.3, -0.25) is 4.79 Å². The number of aliphatic carboxylic acids is 1. The summed E-state index contributed by atoms with van der Waals surface area (Å²) in [6.07, 6.45) is 0.498. The van der Waals surface area contributed by atoms with Crippen molar-refractivity contribution in [3.8, 4) is 0 Å². The highest BCUT2D eigenvalue weighted by atomic mass is 35.5. The van der Waals surface area contributed by atoms with Crippen LogP contribution in [0.5, 0.6) is 0 Å². The molecule has 0 bridgehead atoms. The summed E-state index contributed by atoms with van der Waals surface area (Å²) in [5.74, 6) is -1.17. The quantitative estimate of drug-likeness (QED) is 0.837. The van der Waals surface area contributed by atoms with Crippen LogP contribution < -0.4 is 5.32 Å². The fourth-order valence-electron chi connectivity index (χ4n) is 1.66. The van der Waals surface area contributed by atoms with Gasteiger partial charge in [0.25, 0.3) is 0 Å². The maximum absolute atomic E-state index is 13.6. The van der Waals surface area contributed by atoms with Gasteiger partial charge in [0, 0.05) is 12.1 Å². The Balaban J connectivity index is 2.67. The van der Waals surface area contributed by atoms with E-state index in [4.69, 9.17) is 16.7 Å². The van der Waals surface area contributed by atoms with E-state index in [0.29, 0.717) is 12.0 Å². The van der Waals surface area contributed by atoms with Gasteiger partial charge >= 0.3 is 5.97 Å². The van der Waals surface area contributed by atoms with E-state index in [1.807, 2.05) is 13.8 Å². The first-order valence-corrected chi connectivity index (χ1v) is 6.18. The molecular formula is C13H17ClFNO2. The smallest absolute Gasteiger partial charge is 0.320 e. The topological polar surface area (TPSA) is 49.3 Å². The number of hydrogen-bond acceptors (Lipinski definition) is 2. The maximum atomic E-state index is 13.6. The number of hydrogen-bond donors (Lipinski definition) is 2. The Morgan fingerprint density at radius 1 is 1.50 bits per heavy atom. The number of rotatable bonds is 6. The third kappa shape index (κ3) is 4.27. The van der Waals surface area contributed by atoms with E-state index in [0.717, 1.165) is 0 Å². The molecule has 0 saturated heterocycles. The zero-order chi connectivity index (χ0) is 13.7. The monoisotopic (exact) mass is 273 g/mol. The predicted molar refractivity (Wildman–Crippen MR) is 69.1 cm³/mol. The summed E-state index contributed by atoms with van der Waals surface area (Å²) < 4.78 is 13.6. The van der Waals surface area contributed by atoms with Crippen molar-refractivity contribution in [2.75, 3.05) is 0 Å². The lowest BCUT2D eigenvalue weighted by Crippen LogP contribution is -2.37. The molecule has 3 nitrogen and oxygen atoms in total. The molecule has 1 aromatic carbocycles. The summed E-state index contributed by atoms with van der Waals surface area (Å²) in [4.78, 5) is 11.0. The number of benzene rings is 1. The zero-order valence-electron chi connectivity index (χ0n) is 10.4. The van der Waals surface area contributed by atoms with Gasteiger partial charge in [-0.2, -0.15) is 0 Å². The van der Waals surface area contributed by atoms with Crippen molar-refractivity contribution in [2.24, 2.45) is 5.92 Å². The fraction of sp³-hybridized carbons (Fsp3) is 0.462. The van der Waals surface area contributed by atoms with Crippen LogP contribution in [0.1, 0.15) is 25.8 Å². The summed E-state index contributed by atoms with van der Waals surface area (Å²) in [5.41, 5.74) is 0.373. The summed E-state index contributed by atoms with van der Waals surface area (Å²) >= 11 is 5.66. The Hall–Kier alpha value is -1.13. The molecule has 0 radical (unpaired) electrons. The van der Waals surface area contributed by atoms with E-state index in [-0.39, 0.29) is 17.5 Å². The molecule has 18 heavy (non-hydrogen) atoms. The molecule has 0 aliphatic rings. The second-order valence-corrected chi connectivity index (χ2v) is 5.02. The summed E-state index contributed by atoms with van der Waals surface area (Å²) in [5, 5.41) is 11.9. The van der Waals surface area contributed by atoms with Crippen LogP contribution in [0, 0.1) is 11.7 Å². The number of carboxylic acids is 1. The average Bonchev–Trinajstić information content (AvgIpc) is 2.28.